The molecule has 0 saturated carbocycles. The maximum absolute atomic E-state index is 12.0. The van der Waals surface area contributed by atoms with Gasteiger partial charge in [-0.15, -0.1) is 34.2 Å². The molecule has 0 unspecified atom stereocenters. The number of aryl methyl sites for hydroxylation is 1. The molecule has 0 aromatic carbocycles. The van der Waals surface area contributed by atoms with Gasteiger partial charge in [-0.2, -0.15) is 0 Å². The summed E-state index contributed by atoms with van der Waals surface area (Å²) in [6.45, 7) is 11.2. The molecule has 2 rings (SSSR count). The molecule has 2 heterocycles. The van der Waals surface area contributed by atoms with Crippen LogP contribution in [0.15, 0.2) is 11.3 Å². The van der Waals surface area contributed by atoms with Crippen LogP contribution in [0.3, 0.4) is 0 Å². The number of rotatable bonds is 3. The van der Waals surface area contributed by atoms with Gasteiger partial charge in [0.05, 0.1) is 0 Å². The Bertz CT molecular complexity index is 589. The van der Waals surface area contributed by atoms with Crippen LogP contribution in [-0.2, 0) is 17.8 Å². The van der Waals surface area contributed by atoms with Gasteiger partial charge in [-0.1, -0.05) is 0 Å². The summed E-state index contributed by atoms with van der Waals surface area (Å²) >= 11 is 0. The van der Waals surface area contributed by atoms with Crippen molar-refractivity contribution in [2.45, 2.75) is 46.4 Å². The van der Waals surface area contributed by atoms with Crippen LogP contribution in [0.2, 0.25) is 0 Å². The molecule has 1 saturated heterocycles. The Kier molecular flexibility index (Phi) is 7.90. The number of aliphatic imine (C=N–C) groups is 1. The van der Waals surface area contributed by atoms with Crippen LogP contribution in [0, 0.1) is 0 Å². The zero-order valence-electron chi connectivity index (χ0n) is 15.3. The van der Waals surface area contributed by atoms with E-state index in [1.54, 1.807) is 11.2 Å². The number of nitrogens with two attached hydrogens (primary N) is 1. The summed E-state index contributed by atoms with van der Waals surface area (Å²) in [6, 6.07) is 0. The minimum absolute atomic E-state index is 0. The highest BCUT2D eigenvalue weighted by Gasteiger charge is 2.26. The number of carbonyl (C=O) groups excluding carboxylic acids is 1. The normalized spacial score (nSPS) is 15.8. The molecular weight excluding hydrogens is 437 g/mol. The molecule has 10 heteroatoms. The van der Waals surface area contributed by atoms with E-state index in [-0.39, 0.29) is 30.1 Å². The van der Waals surface area contributed by atoms with E-state index in [1.165, 1.54) is 0 Å². The molecule has 0 atom stereocenters. The average molecular weight is 465 g/mol. The van der Waals surface area contributed by atoms with Crippen molar-refractivity contribution in [1.82, 2.24) is 24.6 Å². The molecule has 1 fully saturated rings. The smallest absolute Gasteiger partial charge is 0.410 e. The van der Waals surface area contributed by atoms with Crippen LogP contribution >= 0.6 is 24.0 Å². The fourth-order valence-electron chi connectivity index (χ4n) is 2.36. The number of guanidine groups is 1. The van der Waals surface area contributed by atoms with Crippen molar-refractivity contribution >= 4 is 36.0 Å². The standard InChI is InChI=1S/C15H27N7O2.HI/c1-5-20-11-18-19-12(20)10-17-13(16)21-6-8-22(9-7-21)14(23)24-15(2,3)4;/h11H,5-10H2,1-4H3,(H2,16,17);1H. The molecule has 9 nitrogen and oxygen atoms in total. The van der Waals surface area contributed by atoms with Crippen molar-refractivity contribution < 1.29 is 9.53 Å². The Hall–Kier alpha value is -1.59. The molecule has 2 N–H and O–H groups in total. The predicted octanol–water partition coefficient (Wildman–Crippen LogP) is 1.28. The summed E-state index contributed by atoms with van der Waals surface area (Å²) in [5, 5.41) is 7.91. The topological polar surface area (TPSA) is 102 Å². The molecule has 1 aliphatic rings. The second kappa shape index (κ2) is 9.20. The number of hydrogen-bond acceptors (Lipinski definition) is 5. The summed E-state index contributed by atoms with van der Waals surface area (Å²) in [5.41, 5.74) is 5.58. The van der Waals surface area contributed by atoms with Crippen LogP contribution < -0.4 is 5.73 Å². The first-order valence-electron chi connectivity index (χ1n) is 8.19. The van der Waals surface area contributed by atoms with Crippen LogP contribution in [-0.4, -0.2) is 68.4 Å². The molecule has 25 heavy (non-hydrogen) atoms. The third kappa shape index (κ3) is 6.33. The summed E-state index contributed by atoms with van der Waals surface area (Å²) in [4.78, 5) is 20.1. The molecule has 1 aliphatic heterocycles. The summed E-state index contributed by atoms with van der Waals surface area (Å²) in [7, 11) is 0. The third-order valence-electron chi connectivity index (χ3n) is 3.67. The van der Waals surface area contributed by atoms with E-state index in [2.05, 4.69) is 15.2 Å². The van der Waals surface area contributed by atoms with Gasteiger partial charge in [-0.25, -0.2) is 9.79 Å². The monoisotopic (exact) mass is 465 g/mol. The quantitative estimate of drug-likeness (QED) is 0.410. The molecule has 142 valence electrons. The summed E-state index contributed by atoms with van der Waals surface area (Å²) < 4.78 is 7.31. The number of carbonyl (C=O) groups is 1. The lowest BCUT2D eigenvalue weighted by Gasteiger charge is -2.36. The summed E-state index contributed by atoms with van der Waals surface area (Å²) in [5.74, 6) is 1.25. The van der Waals surface area contributed by atoms with Crippen molar-refractivity contribution in [2.75, 3.05) is 26.2 Å². The van der Waals surface area contributed by atoms with Gasteiger partial charge < -0.3 is 24.8 Å². The number of nitrogens with zero attached hydrogens (tertiary/aromatic N) is 6. The fraction of sp³-hybridized carbons (Fsp3) is 0.733. The Morgan fingerprint density at radius 1 is 1.28 bits per heavy atom. The van der Waals surface area contributed by atoms with Crippen LogP contribution in [0.5, 0.6) is 0 Å². The SMILES string of the molecule is CCn1cnnc1CN=C(N)N1CCN(C(=O)OC(C)(C)C)CC1.I. The van der Waals surface area contributed by atoms with Gasteiger partial charge in [0.1, 0.15) is 18.5 Å². The van der Waals surface area contributed by atoms with Gasteiger partial charge >= 0.3 is 6.09 Å². The van der Waals surface area contributed by atoms with Gasteiger partial charge in [-0.05, 0) is 27.7 Å². The van der Waals surface area contributed by atoms with Gasteiger partial charge in [0.2, 0.25) is 0 Å². The molecule has 0 spiro atoms. The van der Waals surface area contributed by atoms with Crippen molar-refractivity contribution in [3.8, 4) is 0 Å². The van der Waals surface area contributed by atoms with Gasteiger partial charge in [-0.3, -0.25) is 0 Å². The Labute approximate surface area is 165 Å². The highest BCUT2D eigenvalue weighted by molar-refractivity contribution is 14.0. The lowest BCUT2D eigenvalue weighted by Crippen LogP contribution is -2.53. The van der Waals surface area contributed by atoms with E-state index >= 15 is 0 Å². The number of piperazine rings is 1. The number of hydrogen-bond donors (Lipinski definition) is 1. The Morgan fingerprint density at radius 2 is 1.88 bits per heavy atom. The molecular formula is C15H28IN7O2. The third-order valence-corrected chi connectivity index (χ3v) is 3.67. The second-order valence-corrected chi connectivity index (χ2v) is 6.66. The van der Waals surface area contributed by atoms with E-state index in [4.69, 9.17) is 10.5 Å². The van der Waals surface area contributed by atoms with E-state index < -0.39 is 5.60 Å². The molecule has 0 aliphatic carbocycles. The lowest BCUT2D eigenvalue weighted by molar-refractivity contribution is 0.0186. The average Bonchev–Trinajstić information content (AvgIpc) is 2.98. The van der Waals surface area contributed by atoms with Crippen LogP contribution in [0.1, 0.15) is 33.5 Å². The number of halogens is 1. The fourth-order valence-corrected chi connectivity index (χ4v) is 2.36. The van der Waals surface area contributed by atoms with Gasteiger partial charge in [0.25, 0.3) is 0 Å². The molecule has 0 radical (unpaired) electrons. The highest BCUT2D eigenvalue weighted by Crippen LogP contribution is 2.12. The highest BCUT2D eigenvalue weighted by atomic mass is 127. The first-order valence-corrected chi connectivity index (χ1v) is 8.19. The number of ether oxygens (including phenoxy) is 1. The maximum atomic E-state index is 12.0. The maximum Gasteiger partial charge on any atom is 0.410 e. The minimum atomic E-state index is -0.482. The van der Waals surface area contributed by atoms with E-state index in [0.29, 0.717) is 38.7 Å². The van der Waals surface area contributed by atoms with Crippen molar-refractivity contribution in [3.63, 3.8) is 0 Å². The summed E-state index contributed by atoms with van der Waals surface area (Å²) in [6.07, 6.45) is 1.40. The number of amides is 1. The lowest BCUT2D eigenvalue weighted by atomic mass is 10.2. The van der Waals surface area contributed by atoms with Crippen molar-refractivity contribution in [3.05, 3.63) is 12.2 Å². The Balaban J connectivity index is 0.00000312. The van der Waals surface area contributed by atoms with Gasteiger partial charge in [0.15, 0.2) is 11.8 Å². The second-order valence-electron chi connectivity index (χ2n) is 6.66. The molecule has 1 aromatic rings. The van der Waals surface area contributed by atoms with Crippen LogP contribution in [0.25, 0.3) is 0 Å². The largest absolute Gasteiger partial charge is 0.444 e. The molecule has 0 bridgehead atoms. The number of aromatic nitrogens is 3. The predicted molar refractivity (Wildman–Crippen MR) is 106 cm³/mol. The first-order chi connectivity index (χ1) is 11.3. The van der Waals surface area contributed by atoms with E-state index in [9.17, 15) is 4.79 Å². The van der Waals surface area contributed by atoms with Gasteiger partial charge in [0, 0.05) is 32.7 Å². The first kappa shape index (κ1) is 21.5. The molecule has 1 amide bonds. The zero-order chi connectivity index (χ0) is 17.7. The van der Waals surface area contributed by atoms with E-state index in [1.807, 2.05) is 37.2 Å². The van der Waals surface area contributed by atoms with Crippen LogP contribution in [0.4, 0.5) is 4.79 Å². The zero-order valence-corrected chi connectivity index (χ0v) is 17.6. The Morgan fingerprint density at radius 3 is 2.44 bits per heavy atom. The minimum Gasteiger partial charge on any atom is -0.444 e. The molecule has 1 aromatic heterocycles. The van der Waals surface area contributed by atoms with Crippen molar-refractivity contribution in [1.29, 1.82) is 0 Å². The van der Waals surface area contributed by atoms with E-state index in [0.717, 1.165) is 12.4 Å². The van der Waals surface area contributed by atoms with Crippen molar-refractivity contribution in [2.24, 2.45) is 10.7 Å².